The SMILES string of the molecule is CC1(c2ccc(F)cc2F)CC(=O)CCO1. The molecule has 0 saturated carbocycles. The van der Waals surface area contributed by atoms with E-state index in [1.54, 1.807) is 6.92 Å². The van der Waals surface area contributed by atoms with E-state index in [0.717, 1.165) is 6.07 Å². The number of rotatable bonds is 1. The predicted octanol–water partition coefficient (Wildman–Crippen LogP) is 2.56. The minimum atomic E-state index is -0.965. The smallest absolute Gasteiger partial charge is 0.138 e. The fraction of sp³-hybridized carbons (Fsp3) is 0.417. The van der Waals surface area contributed by atoms with Gasteiger partial charge in [-0.3, -0.25) is 4.79 Å². The van der Waals surface area contributed by atoms with Gasteiger partial charge in [0.2, 0.25) is 0 Å². The number of hydrogen-bond acceptors (Lipinski definition) is 2. The molecule has 0 spiro atoms. The molecule has 1 heterocycles. The van der Waals surface area contributed by atoms with Gasteiger partial charge in [-0.25, -0.2) is 8.78 Å². The highest BCUT2D eigenvalue weighted by molar-refractivity contribution is 5.80. The zero-order valence-electron chi connectivity index (χ0n) is 8.93. The minimum Gasteiger partial charge on any atom is -0.370 e. The third-order valence-corrected chi connectivity index (χ3v) is 2.84. The van der Waals surface area contributed by atoms with E-state index < -0.39 is 17.2 Å². The van der Waals surface area contributed by atoms with Crippen molar-refractivity contribution < 1.29 is 18.3 Å². The quantitative estimate of drug-likeness (QED) is 0.735. The Balaban J connectivity index is 2.38. The van der Waals surface area contributed by atoms with Crippen LogP contribution in [0.1, 0.15) is 25.3 Å². The first-order valence-electron chi connectivity index (χ1n) is 5.12. The molecule has 1 aliphatic heterocycles. The lowest BCUT2D eigenvalue weighted by atomic mass is 9.87. The molecular formula is C12H12F2O2. The largest absolute Gasteiger partial charge is 0.370 e. The number of ether oxygens (including phenoxy) is 1. The molecule has 0 aromatic heterocycles. The molecule has 86 valence electrons. The lowest BCUT2D eigenvalue weighted by Crippen LogP contribution is -2.35. The zero-order valence-corrected chi connectivity index (χ0v) is 8.93. The van der Waals surface area contributed by atoms with E-state index in [1.165, 1.54) is 12.1 Å². The second-order valence-electron chi connectivity index (χ2n) is 4.17. The number of carbonyl (C=O) groups excluding carboxylic acids is 1. The Kier molecular flexibility index (Phi) is 2.76. The molecular weight excluding hydrogens is 214 g/mol. The minimum absolute atomic E-state index is 0.0393. The Bertz CT molecular complexity index is 431. The molecule has 1 aromatic rings. The summed E-state index contributed by atoms with van der Waals surface area (Å²) in [4.78, 5) is 11.4. The van der Waals surface area contributed by atoms with Crippen molar-refractivity contribution in [3.05, 3.63) is 35.4 Å². The van der Waals surface area contributed by atoms with Crippen molar-refractivity contribution in [2.24, 2.45) is 0 Å². The average Bonchev–Trinajstić information content (AvgIpc) is 2.16. The summed E-state index contributed by atoms with van der Waals surface area (Å²) in [7, 11) is 0. The van der Waals surface area contributed by atoms with Crippen molar-refractivity contribution in [2.45, 2.75) is 25.4 Å². The van der Waals surface area contributed by atoms with Gasteiger partial charge in [-0.05, 0) is 13.0 Å². The van der Waals surface area contributed by atoms with Gasteiger partial charge in [-0.1, -0.05) is 6.07 Å². The maximum absolute atomic E-state index is 13.6. The monoisotopic (exact) mass is 226 g/mol. The molecule has 1 unspecified atom stereocenters. The van der Waals surface area contributed by atoms with E-state index in [4.69, 9.17) is 4.74 Å². The molecule has 1 atom stereocenters. The van der Waals surface area contributed by atoms with Gasteiger partial charge in [-0.2, -0.15) is 0 Å². The summed E-state index contributed by atoms with van der Waals surface area (Å²) in [6.07, 6.45) is 0.494. The average molecular weight is 226 g/mol. The second kappa shape index (κ2) is 3.94. The van der Waals surface area contributed by atoms with Crippen LogP contribution in [0.15, 0.2) is 18.2 Å². The van der Waals surface area contributed by atoms with Crippen LogP contribution in [-0.2, 0) is 15.1 Å². The number of hydrogen-bond donors (Lipinski definition) is 0. The van der Waals surface area contributed by atoms with Crippen molar-refractivity contribution in [1.82, 2.24) is 0 Å². The van der Waals surface area contributed by atoms with Gasteiger partial charge in [0.25, 0.3) is 0 Å². The maximum Gasteiger partial charge on any atom is 0.138 e. The number of benzene rings is 1. The fourth-order valence-electron chi connectivity index (χ4n) is 2.00. The normalized spacial score (nSPS) is 25.8. The molecule has 1 saturated heterocycles. The number of carbonyl (C=O) groups is 1. The Labute approximate surface area is 92.2 Å². The summed E-state index contributed by atoms with van der Waals surface area (Å²) in [5.41, 5.74) is -0.727. The van der Waals surface area contributed by atoms with Crippen molar-refractivity contribution in [3.8, 4) is 0 Å². The molecule has 0 N–H and O–H groups in total. The molecule has 4 heteroatoms. The summed E-state index contributed by atoms with van der Waals surface area (Å²) >= 11 is 0. The summed E-state index contributed by atoms with van der Waals surface area (Å²) in [6, 6.07) is 3.32. The fourth-order valence-corrected chi connectivity index (χ4v) is 2.00. The molecule has 2 rings (SSSR count). The molecule has 0 aliphatic carbocycles. The van der Waals surface area contributed by atoms with Gasteiger partial charge in [0.15, 0.2) is 0 Å². The summed E-state index contributed by atoms with van der Waals surface area (Å²) < 4.78 is 31.8. The molecule has 16 heavy (non-hydrogen) atoms. The van der Waals surface area contributed by atoms with Crippen molar-refractivity contribution in [2.75, 3.05) is 6.61 Å². The third-order valence-electron chi connectivity index (χ3n) is 2.84. The van der Waals surface area contributed by atoms with Gasteiger partial charge in [0, 0.05) is 24.5 Å². The molecule has 0 bridgehead atoms. The van der Waals surface area contributed by atoms with Crippen molar-refractivity contribution >= 4 is 5.78 Å². The predicted molar refractivity (Wildman–Crippen MR) is 53.9 cm³/mol. The maximum atomic E-state index is 13.6. The van der Waals surface area contributed by atoms with E-state index in [2.05, 4.69) is 0 Å². The van der Waals surface area contributed by atoms with Crippen molar-refractivity contribution in [1.29, 1.82) is 0 Å². The topological polar surface area (TPSA) is 26.3 Å². The van der Waals surface area contributed by atoms with Gasteiger partial charge in [0.1, 0.15) is 17.4 Å². The van der Waals surface area contributed by atoms with Crippen LogP contribution < -0.4 is 0 Å². The highest BCUT2D eigenvalue weighted by atomic mass is 19.1. The van der Waals surface area contributed by atoms with Crippen LogP contribution in [0.3, 0.4) is 0 Å². The highest BCUT2D eigenvalue weighted by Gasteiger charge is 2.36. The Morgan fingerprint density at radius 2 is 2.12 bits per heavy atom. The molecule has 1 aromatic carbocycles. The van der Waals surface area contributed by atoms with Crippen LogP contribution in [0.2, 0.25) is 0 Å². The van der Waals surface area contributed by atoms with E-state index >= 15 is 0 Å². The van der Waals surface area contributed by atoms with Gasteiger partial charge >= 0.3 is 0 Å². The molecule has 0 amide bonds. The first-order valence-corrected chi connectivity index (χ1v) is 5.12. The lowest BCUT2D eigenvalue weighted by Gasteiger charge is -2.33. The van der Waals surface area contributed by atoms with Gasteiger partial charge in [0.05, 0.1) is 12.2 Å². The van der Waals surface area contributed by atoms with Gasteiger partial charge < -0.3 is 4.74 Å². The summed E-state index contributed by atoms with van der Waals surface area (Å²) in [5, 5.41) is 0. The molecule has 1 aliphatic rings. The van der Waals surface area contributed by atoms with Crippen LogP contribution in [0.25, 0.3) is 0 Å². The standard InChI is InChI=1S/C12H12F2O2/c1-12(7-9(15)4-5-16-12)10-3-2-8(13)6-11(10)14/h2-3,6H,4-5,7H2,1H3. The second-order valence-corrected chi connectivity index (χ2v) is 4.17. The van der Waals surface area contributed by atoms with E-state index in [0.29, 0.717) is 6.42 Å². The van der Waals surface area contributed by atoms with Crippen molar-refractivity contribution in [3.63, 3.8) is 0 Å². The van der Waals surface area contributed by atoms with E-state index in [1.807, 2.05) is 0 Å². The van der Waals surface area contributed by atoms with Gasteiger partial charge in [-0.15, -0.1) is 0 Å². The van der Waals surface area contributed by atoms with Crippen LogP contribution in [0.5, 0.6) is 0 Å². The van der Waals surface area contributed by atoms with Crippen LogP contribution in [0, 0.1) is 11.6 Å². The molecule has 1 fully saturated rings. The molecule has 0 radical (unpaired) electrons. The first kappa shape index (κ1) is 11.2. The number of ketones is 1. The van der Waals surface area contributed by atoms with E-state index in [9.17, 15) is 13.6 Å². The van der Waals surface area contributed by atoms with Crippen LogP contribution in [-0.4, -0.2) is 12.4 Å². The Morgan fingerprint density at radius 1 is 1.38 bits per heavy atom. The zero-order chi connectivity index (χ0) is 11.8. The third kappa shape index (κ3) is 1.97. The lowest BCUT2D eigenvalue weighted by molar-refractivity contribution is -0.139. The Morgan fingerprint density at radius 3 is 2.75 bits per heavy atom. The highest BCUT2D eigenvalue weighted by Crippen LogP contribution is 2.34. The number of halogens is 2. The van der Waals surface area contributed by atoms with E-state index in [-0.39, 0.29) is 24.4 Å². The first-order chi connectivity index (χ1) is 7.51. The van der Waals surface area contributed by atoms with Crippen LogP contribution >= 0.6 is 0 Å². The summed E-state index contributed by atoms with van der Waals surface area (Å²) in [5.74, 6) is -1.26. The molecule has 2 nitrogen and oxygen atoms in total. The Hall–Kier alpha value is -1.29. The van der Waals surface area contributed by atoms with Crippen LogP contribution in [0.4, 0.5) is 8.78 Å². The number of Topliss-reactive ketones (excluding diaryl/α,β-unsaturated/α-hetero) is 1. The summed E-state index contributed by atoms with van der Waals surface area (Å²) in [6.45, 7) is 1.94.